The van der Waals surface area contributed by atoms with Crippen LogP contribution < -0.4 is 5.32 Å². The van der Waals surface area contributed by atoms with Gasteiger partial charge in [0.2, 0.25) is 0 Å². The molecular weight excluding hydrogens is 202 g/mol. The van der Waals surface area contributed by atoms with E-state index in [0.717, 1.165) is 18.5 Å². The van der Waals surface area contributed by atoms with Gasteiger partial charge in [-0.1, -0.05) is 26.2 Å². The lowest BCUT2D eigenvalue weighted by molar-refractivity contribution is 0.339. The minimum Gasteiger partial charge on any atom is -0.314 e. The van der Waals surface area contributed by atoms with Crippen molar-refractivity contribution in [3.05, 3.63) is 0 Å². The molecule has 1 saturated carbocycles. The Kier molecular flexibility index (Phi) is 7.54. The van der Waals surface area contributed by atoms with Crippen molar-refractivity contribution in [2.24, 2.45) is 5.92 Å². The van der Waals surface area contributed by atoms with Gasteiger partial charge in [-0.05, 0) is 50.2 Å². The van der Waals surface area contributed by atoms with Crippen LogP contribution in [0, 0.1) is 5.92 Å². The molecule has 15 heavy (non-hydrogen) atoms. The molecule has 1 nitrogen and oxygen atoms in total. The number of hydrogen-bond acceptors (Lipinski definition) is 2. The molecule has 1 aliphatic carbocycles. The predicted octanol–water partition coefficient (Wildman–Crippen LogP) is 3.69. The fraction of sp³-hybridized carbons (Fsp3) is 1.00. The maximum absolute atomic E-state index is 3.69. The molecule has 2 heteroatoms. The highest BCUT2D eigenvalue weighted by Crippen LogP contribution is 2.29. The van der Waals surface area contributed by atoms with Crippen molar-refractivity contribution in [3.8, 4) is 0 Å². The van der Waals surface area contributed by atoms with Crippen LogP contribution in [0.4, 0.5) is 0 Å². The van der Waals surface area contributed by atoms with E-state index in [1.165, 1.54) is 50.7 Å². The van der Waals surface area contributed by atoms with Gasteiger partial charge in [-0.3, -0.25) is 0 Å². The first-order valence-electron chi connectivity index (χ1n) is 6.60. The second-order valence-corrected chi connectivity index (χ2v) is 5.68. The third-order valence-electron chi connectivity index (χ3n) is 3.55. The predicted molar refractivity (Wildman–Crippen MR) is 71.7 cm³/mol. The Hall–Kier alpha value is 0.310. The second-order valence-electron chi connectivity index (χ2n) is 4.70. The maximum Gasteiger partial charge on any atom is 0.00952 e. The van der Waals surface area contributed by atoms with Crippen molar-refractivity contribution in [2.45, 2.75) is 57.9 Å². The summed E-state index contributed by atoms with van der Waals surface area (Å²) in [5.74, 6) is 2.32. The average molecular weight is 229 g/mol. The summed E-state index contributed by atoms with van der Waals surface area (Å²) >= 11 is 1.98. The number of unbranched alkanes of at least 4 members (excludes halogenated alkanes) is 1. The Labute approximate surface area is 99.8 Å². The molecule has 0 aliphatic heterocycles. The minimum atomic E-state index is 0.819. The fourth-order valence-electron chi connectivity index (χ4n) is 2.74. The summed E-state index contributed by atoms with van der Waals surface area (Å²) in [7, 11) is 0. The molecule has 0 radical (unpaired) electrons. The van der Waals surface area contributed by atoms with Gasteiger partial charge in [0.15, 0.2) is 0 Å². The third-order valence-corrected chi connectivity index (χ3v) is 4.25. The second kappa shape index (κ2) is 8.46. The summed E-state index contributed by atoms with van der Waals surface area (Å²) in [6, 6.07) is 0.819. The molecule has 0 aromatic carbocycles. The molecule has 0 aromatic rings. The molecule has 0 saturated heterocycles. The lowest BCUT2D eigenvalue weighted by atomic mass is 9.93. The van der Waals surface area contributed by atoms with E-state index in [9.17, 15) is 0 Å². The monoisotopic (exact) mass is 229 g/mol. The van der Waals surface area contributed by atoms with Crippen molar-refractivity contribution in [3.63, 3.8) is 0 Å². The highest BCUT2D eigenvalue weighted by atomic mass is 32.2. The van der Waals surface area contributed by atoms with E-state index in [-0.39, 0.29) is 0 Å². The molecule has 1 aliphatic rings. The zero-order valence-electron chi connectivity index (χ0n) is 10.4. The molecule has 1 N–H and O–H groups in total. The molecule has 0 heterocycles. The van der Waals surface area contributed by atoms with Crippen LogP contribution in [0.3, 0.4) is 0 Å². The van der Waals surface area contributed by atoms with Crippen LogP contribution in [0.2, 0.25) is 0 Å². The average Bonchev–Trinajstić information content (AvgIpc) is 2.76. The van der Waals surface area contributed by atoms with Crippen LogP contribution in [-0.2, 0) is 0 Å². The molecule has 1 atom stereocenters. The summed E-state index contributed by atoms with van der Waals surface area (Å²) < 4.78 is 0. The van der Waals surface area contributed by atoms with Crippen molar-refractivity contribution >= 4 is 11.8 Å². The normalized spacial score (nSPS) is 19.6. The molecule has 0 aromatic heterocycles. The first-order valence-corrected chi connectivity index (χ1v) is 8.00. The molecule has 0 amide bonds. The Morgan fingerprint density at radius 1 is 1.27 bits per heavy atom. The Bertz CT molecular complexity index is 143. The van der Waals surface area contributed by atoms with Gasteiger partial charge in [-0.25, -0.2) is 0 Å². The zero-order valence-corrected chi connectivity index (χ0v) is 11.2. The first kappa shape index (κ1) is 13.4. The van der Waals surface area contributed by atoms with E-state index < -0.39 is 0 Å². The number of hydrogen-bond donors (Lipinski definition) is 1. The van der Waals surface area contributed by atoms with E-state index >= 15 is 0 Å². The first-order chi connectivity index (χ1) is 7.38. The van der Waals surface area contributed by atoms with E-state index in [4.69, 9.17) is 0 Å². The van der Waals surface area contributed by atoms with Gasteiger partial charge < -0.3 is 5.32 Å². The SMILES string of the molecule is CCNC(CCCCSC)C1CCCC1. The highest BCUT2D eigenvalue weighted by molar-refractivity contribution is 7.98. The Morgan fingerprint density at radius 3 is 2.60 bits per heavy atom. The lowest BCUT2D eigenvalue weighted by Crippen LogP contribution is -2.35. The van der Waals surface area contributed by atoms with Crippen LogP contribution in [0.15, 0.2) is 0 Å². The maximum atomic E-state index is 3.69. The van der Waals surface area contributed by atoms with Crippen LogP contribution in [0.5, 0.6) is 0 Å². The molecule has 90 valence electrons. The quantitative estimate of drug-likeness (QED) is 0.637. The van der Waals surface area contributed by atoms with Crippen molar-refractivity contribution in [1.82, 2.24) is 5.32 Å². The van der Waals surface area contributed by atoms with Crippen molar-refractivity contribution in [2.75, 3.05) is 18.6 Å². The van der Waals surface area contributed by atoms with Gasteiger partial charge >= 0.3 is 0 Å². The van der Waals surface area contributed by atoms with Gasteiger partial charge in [-0.2, -0.15) is 11.8 Å². The topological polar surface area (TPSA) is 12.0 Å². The largest absolute Gasteiger partial charge is 0.314 e. The van der Waals surface area contributed by atoms with Crippen LogP contribution in [-0.4, -0.2) is 24.6 Å². The van der Waals surface area contributed by atoms with Gasteiger partial charge in [0.25, 0.3) is 0 Å². The van der Waals surface area contributed by atoms with Crippen LogP contribution in [0.25, 0.3) is 0 Å². The van der Waals surface area contributed by atoms with Crippen molar-refractivity contribution in [1.29, 1.82) is 0 Å². The molecule has 1 fully saturated rings. The Balaban J connectivity index is 2.17. The zero-order chi connectivity index (χ0) is 10.9. The van der Waals surface area contributed by atoms with Gasteiger partial charge in [0.1, 0.15) is 0 Å². The molecular formula is C13H27NS. The highest BCUT2D eigenvalue weighted by Gasteiger charge is 2.23. The van der Waals surface area contributed by atoms with E-state index in [2.05, 4.69) is 18.5 Å². The summed E-state index contributed by atoms with van der Waals surface area (Å²) in [6.45, 7) is 3.38. The standard InChI is InChI=1S/C13H27NS/c1-3-14-13(10-6-7-11-15-2)12-8-4-5-9-12/h12-14H,3-11H2,1-2H3. The molecule has 0 bridgehead atoms. The van der Waals surface area contributed by atoms with Gasteiger partial charge in [-0.15, -0.1) is 0 Å². The van der Waals surface area contributed by atoms with E-state index in [0.29, 0.717) is 0 Å². The summed E-state index contributed by atoms with van der Waals surface area (Å²) in [6.07, 6.45) is 12.3. The number of thioether (sulfide) groups is 1. The van der Waals surface area contributed by atoms with E-state index in [1.807, 2.05) is 11.8 Å². The molecule has 0 spiro atoms. The van der Waals surface area contributed by atoms with Gasteiger partial charge in [0.05, 0.1) is 0 Å². The number of nitrogens with one attached hydrogen (secondary N) is 1. The summed E-state index contributed by atoms with van der Waals surface area (Å²) in [5, 5.41) is 3.69. The van der Waals surface area contributed by atoms with E-state index in [1.54, 1.807) is 0 Å². The third kappa shape index (κ3) is 5.26. The minimum absolute atomic E-state index is 0.819. The summed E-state index contributed by atoms with van der Waals surface area (Å²) in [5.41, 5.74) is 0. The molecule has 1 unspecified atom stereocenters. The smallest absolute Gasteiger partial charge is 0.00952 e. The fourth-order valence-corrected chi connectivity index (χ4v) is 3.23. The van der Waals surface area contributed by atoms with Gasteiger partial charge in [0, 0.05) is 6.04 Å². The summed E-state index contributed by atoms with van der Waals surface area (Å²) in [4.78, 5) is 0. The Morgan fingerprint density at radius 2 is 2.00 bits per heavy atom. The van der Waals surface area contributed by atoms with Crippen LogP contribution in [0.1, 0.15) is 51.9 Å². The lowest BCUT2D eigenvalue weighted by Gasteiger charge is -2.24. The van der Waals surface area contributed by atoms with Crippen LogP contribution >= 0.6 is 11.8 Å². The van der Waals surface area contributed by atoms with Crippen molar-refractivity contribution < 1.29 is 0 Å². The number of rotatable bonds is 8. The molecule has 1 rings (SSSR count).